The van der Waals surface area contributed by atoms with Gasteiger partial charge in [-0.2, -0.15) is 5.26 Å². The molecule has 3 nitrogen and oxygen atoms in total. The molecule has 0 bridgehead atoms. The molecule has 26 heavy (non-hydrogen) atoms. The summed E-state index contributed by atoms with van der Waals surface area (Å²) in [7, 11) is -0.448. The van der Waals surface area contributed by atoms with E-state index in [1.54, 1.807) is 24.3 Å². The minimum atomic E-state index is -0.448. The molecule has 0 spiro atoms. The van der Waals surface area contributed by atoms with Crippen LogP contribution in [0.4, 0.5) is 0 Å². The third-order valence-electron chi connectivity index (χ3n) is 5.36. The minimum Gasteiger partial charge on any atom is -0.423 e. The van der Waals surface area contributed by atoms with Crippen LogP contribution >= 0.6 is 0 Å². The number of benzene rings is 2. The molecule has 1 fully saturated rings. The molecular weight excluding hydrogens is 338 g/mol. The zero-order chi connectivity index (χ0) is 18.4. The molecule has 0 unspecified atom stereocenters. The summed E-state index contributed by atoms with van der Waals surface area (Å²) in [6, 6.07) is 21.0. The molecule has 0 N–H and O–H groups in total. The normalized spacial score (nSPS) is 19.5. The Morgan fingerprint density at radius 2 is 1.77 bits per heavy atom. The van der Waals surface area contributed by atoms with Gasteiger partial charge in [-0.1, -0.05) is 43.6 Å². The van der Waals surface area contributed by atoms with Crippen molar-refractivity contribution in [2.45, 2.75) is 50.2 Å². The smallest absolute Gasteiger partial charge is 0.343 e. The van der Waals surface area contributed by atoms with E-state index in [-0.39, 0.29) is 0 Å². The predicted octanol–water partition coefficient (Wildman–Crippen LogP) is 5.29. The number of hydrogen-bond acceptors (Lipinski definition) is 3. The van der Waals surface area contributed by atoms with Crippen molar-refractivity contribution in [3.8, 4) is 11.8 Å². The Morgan fingerprint density at radius 3 is 2.35 bits per heavy atom. The van der Waals surface area contributed by atoms with Crippen molar-refractivity contribution in [1.82, 2.24) is 0 Å². The fourth-order valence-corrected chi connectivity index (χ4v) is 7.28. The van der Waals surface area contributed by atoms with E-state index in [4.69, 9.17) is 10.00 Å². The van der Waals surface area contributed by atoms with Crippen LogP contribution in [0.25, 0.3) is 0 Å². The quantitative estimate of drug-likeness (QED) is 0.412. The largest absolute Gasteiger partial charge is 0.423 e. The Labute approximate surface area is 157 Å². The van der Waals surface area contributed by atoms with Crippen molar-refractivity contribution in [2.75, 3.05) is 0 Å². The highest BCUT2D eigenvalue weighted by molar-refractivity contribution is 6.59. The molecule has 3 rings (SSSR count). The Balaban J connectivity index is 1.57. The van der Waals surface area contributed by atoms with Gasteiger partial charge in [-0.25, -0.2) is 4.79 Å². The van der Waals surface area contributed by atoms with Crippen LogP contribution in [0.1, 0.15) is 53.6 Å². The van der Waals surface area contributed by atoms with Crippen molar-refractivity contribution in [3.05, 3.63) is 65.2 Å². The van der Waals surface area contributed by atoms with Crippen LogP contribution in [-0.2, 0) is 0 Å². The summed E-state index contributed by atoms with van der Waals surface area (Å²) in [5, 5.41) is 8.81. The van der Waals surface area contributed by atoms with Crippen LogP contribution in [0.15, 0.2) is 48.5 Å². The van der Waals surface area contributed by atoms with Crippen LogP contribution in [0.3, 0.4) is 0 Å². The molecule has 0 aliphatic carbocycles. The van der Waals surface area contributed by atoms with Gasteiger partial charge in [0.1, 0.15) is 5.75 Å². The maximum absolute atomic E-state index is 12.2. The van der Waals surface area contributed by atoms with Crippen molar-refractivity contribution in [2.24, 2.45) is 0 Å². The second kappa shape index (κ2) is 8.82. The molecule has 0 radical (unpaired) electrons. The number of ether oxygens (including phenoxy) is 1. The number of nitriles is 1. The van der Waals surface area contributed by atoms with Gasteiger partial charge in [0, 0.05) is 8.80 Å². The highest BCUT2D eigenvalue weighted by Gasteiger charge is 2.22. The molecule has 134 valence electrons. The summed E-state index contributed by atoms with van der Waals surface area (Å²) < 4.78 is 5.45. The summed E-state index contributed by atoms with van der Waals surface area (Å²) in [4.78, 5) is 12.2. The van der Waals surface area contributed by atoms with E-state index in [1.807, 2.05) is 18.2 Å². The van der Waals surface area contributed by atoms with Crippen LogP contribution in [0.2, 0.25) is 18.1 Å². The standard InChI is InChI=1S/C22H25NO2Si/c1-2-13-26-14-11-19(12-15-26)18-7-9-21(10-8-18)25-22(24)20-5-3-17(16-23)4-6-20/h3-10,19,26H,2,11-15H2,1H3. The molecule has 2 aromatic carbocycles. The second-order valence-corrected chi connectivity index (χ2v) is 10.6. The lowest BCUT2D eigenvalue weighted by Crippen LogP contribution is -2.20. The second-order valence-electron chi connectivity index (χ2n) is 7.15. The zero-order valence-corrected chi connectivity index (χ0v) is 16.4. The number of esters is 1. The number of hydrogen-bond donors (Lipinski definition) is 0. The Kier molecular flexibility index (Phi) is 6.24. The van der Waals surface area contributed by atoms with Gasteiger partial charge < -0.3 is 4.74 Å². The predicted molar refractivity (Wildman–Crippen MR) is 106 cm³/mol. The van der Waals surface area contributed by atoms with Gasteiger partial charge in [0.25, 0.3) is 0 Å². The lowest BCUT2D eigenvalue weighted by Gasteiger charge is -2.27. The van der Waals surface area contributed by atoms with Gasteiger partial charge >= 0.3 is 5.97 Å². The number of carbonyl (C=O) groups excluding carboxylic acids is 1. The molecule has 0 saturated carbocycles. The van der Waals surface area contributed by atoms with Crippen molar-refractivity contribution in [1.29, 1.82) is 5.26 Å². The molecule has 1 aliphatic heterocycles. The highest BCUT2D eigenvalue weighted by atomic mass is 28.3. The zero-order valence-electron chi connectivity index (χ0n) is 15.3. The number of carbonyl (C=O) groups is 1. The lowest BCUT2D eigenvalue weighted by molar-refractivity contribution is 0.0734. The van der Waals surface area contributed by atoms with Crippen molar-refractivity contribution >= 4 is 14.8 Å². The van der Waals surface area contributed by atoms with Gasteiger partial charge in [0.2, 0.25) is 0 Å². The van der Waals surface area contributed by atoms with Gasteiger partial charge in [0.05, 0.1) is 17.2 Å². The molecule has 1 heterocycles. The third-order valence-corrected chi connectivity index (χ3v) is 9.05. The van der Waals surface area contributed by atoms with Crippen LogP contribution < -0.4 is 4.74 Å². The average Bonchev–Trinajstić information content (AvgIpc) is 2.69. The Bertz CT molecular complexity index is 769. The van der Waals surface area contributed by atoms with E-state index >= 15 is 0 Å². The maximum Gasteiger partial charge on any atom is 0.343 e. The third kappa shape index (κ3) is 4.62. The minimum absolute atomic E-state index is 0.395. The molecule has 4 heteroatoms. The molecule has 2 aromatic rings. The van der Waals surface area contributed by atoms with E-state index in [2.05, 4.69) is 19.1 Å². The fourth-order valence-electron chi connectivity index (χ4n) is 3.85. The number of nitrogens with zero attached hydrogens (tertiary/aromatic N) is 1. The average molecular weight is 364 g/mol. The first-order valence-electron chi connectivity index (χ1n) is 9.52. The van der Waals surface area contributed by atoms with Gasteiger partial charge in [-0.3, -0.25) is 0 Å². The molecule has 0 amide bonds. The first-order valence-corrected chi connectivity index (χ1v) is 12.0. The Hall–Kier alpha value is -2.38. The van der Waals surface area contributed by atoms with Crippen LogP contribution in [0, 0.1) is 11.3 Å². The summed E-state index contributed by atoms with van der Waals surface area (Å²) in [6.45, 7) is 2.30. The van der Waals surface area contributed by atoms with E-state index < -0.39 is 14.8 Å². The van der Waals surface area contributed by atoms with E-state index in [1.165, 1.54) is 43.0 Å². The van der Waals surface area contributed by atoms with Gasteiger partial charge in [0.15, 0.2) is 0 Å². The van der Waals surface area contributed by atoms with E-state index in [9.17, 15) is 4.79 Å². The Morgan fingerprint density at radius 1 is 1.12 bits per heavy atom. The monoisotopic (exact) mass is 363 g/mol. The molecular formula is C22H25NO2Si. The van der Waals surface area contributed by atoms with Crippen LogP contribution in [-0.4, -0.2) is 14.8 Å². The first-order chi connectivity index (χ1) is 12.7. The molecule has 0 aromatic heterocycles. The van der Waals surface area contributed by atoms with Crippen molar-refractivity contribution in [3.63, 3.8) is 0 Å². The number of rotatable bonds is 5. The SMILES string of the molecule is CCC[SiH]1CCC(c2ccc(OC(=O)c3ccc(C#N)cc3)cc2)CC1. The lowest BCUT2D eigenvalue weighted by atomic mass is 9.93. The first kappa shape index (κ1) is 18.4. The summed E-state index contributed by atoms with van der Waals surface area (Å²) in [5.74, 6) is 0.837. The highest BCUT2D eigenvalue weighted by Crippen LogP contribution is 2.35. The summed E-state index contributed by atoms with van der Waals surface area (Å²) >= 11 is 0. The molecule has 1 saturated heterocycles. The van der Waals surface area contributed by atoms with Gasteiger partial charge in [-0.05, 0) is 60.7 Å². The van der Waals surface area contributed by atoms with E-state index in [0.29, 0.717) is 22.8 Å². The van der Waals surface area contributed by atoms with Crippen molar-refractivity contribution < 1.29 is 9.53 Å². The molecule has 0 atom stereocenters. The topological polar surface area (TPSA) is 50.1 Å². The fraction of sp³-hybridized carbons (Fsp3) is 0.364. The van der Waals surface area contributed by atoms with Crippen LogP contribution in [0.5, 0.6) is 5.75 Å². The molecule has 1 aliphatic rings. The van der Waals surface area contributed by atoms with E-state index in [0.717, 1.165) is 0 Å². The summed E-state index contributed by atoms with van der Waals surface area (Å²) in [6.07, 6.45) is 3.99. The summed E-state index contributed by atoms with van der Waals surface area (Å²) in [5.41, 5.74) is 2.35. The maximum atomic E-state index is 12.2. The van der Waals surface area contributed by atoms with Gasteiger partial charge in [-0.15, -0.1) is 0 Å².